The van der Waals surface area contributed by atoms with Crippen molar-refractivity contribution in [2.75, 3.05) is 33.3 Å². The predicted octanol–water partition coefficient (Wildman–Crippen LogP) is 3.16. The first-order valence-corrected chi connectivity index (χ1v) is 7.79. The minimum absolute atomic E-state index is 0.0881. The first-order valence-electron chi connectivity index (χ1n) is 7.79. The molecule has 4 heteroatoms. The molecule has 0 aliphatic heterocycles. The lowest BCUT2D eigenvalue weighted by molar-refractivity contribution is -0.143. The van der Waals surface area contributed by atoms with Crippen LogP contribution < -0.4 is 0 Å². The summed E-state index contributed by atoms with van der Waals surface area (Å²) in [6, 6.07) is 0. The molecular formula is C16H32N2O2. The number of hydrogen-bond donors (Lipinski definition) is 0. The third-order valence-corrected chi connectivity index (χ3v) is 3.01. The SMILES string of the molecule is CCOC(=O)CCCN(C)CCCN=C(C)CC(C)C. The van der Waals surface area contributed by atoms with Gasteiger partial charge in [-0.1, -0.05) is 13.8 Å². The number of carbonyl (C=O) groups excluding carboxylic acids is 1. The molecule has 0 aliphatic carbocycles. The van der Waals surface area contributed by atoms with Gasteiger partial charge in [-0.05, 0) is 59.2 Å². The molecule has 0 N–H and O–H groups in total. The van der Waals surface area contributed by atoms with E-state index in [1.807, 2.05) is 6.92 Å². The summed E-state index contributed by atoms with van der Waals surface area (Å²) in [5.41, 5.74) is 1.25. The van der Waals surface area contributed by atoms with Crippen molar-refractivity contribution >= 4 is 11.7 Å². The summed E-state index contributed by atoms with van der Waals surface area (Å²) >= 11 is 0. The van der Waals surface area contributed by atoms with Crippen LogP contribution >= 0.6 is 0 Å². The maximum atomic E-state index is 11.2. The third-order valence-electron chi connectivity index (χ3n) is 3.01. The summed E-state index contributed by atoms with van der Waals surface area (Å²) in [6.45, 7) is 11.7. The summed E-state index contributed by atoms with van der Waals surface area (Å²) in [7, 11) is 2.09. The Morgan fingerprint density at radius 3 is 2.50 bits per heavy atom. The Morgan fingerprint density at radius 1 is 1.25 bits per heavy atom. The smallest absolute Gasteiger partial charge is 0.305 e. The lowest BCUT2D eigenvalue weighted by Crippen LogP contribution is -2.22. The zero-order valence-electron chi connectivity index (χ0n) is 13.9. The first kappa shape index (κ1) is 19.1. The molecule has 0 radical (unpaired) electrons. The average Bonchev–Trinajstić information content (AvgIpc) is 2.34. The quantitative estimate of drug-likeness (QED) is 0.332. The number of nitrogens with zero attached hydrogens (tertiary/aromatic N) is 2. The monoisotopic (exact) mass is 284 g/mol. The van der Waals surface area contributed by atoms with Crippen LogP contribution in [0.25, 0.3) is 0 Å². The van der Waals surface area contributed by atoms with Crippen molar-refractivity contribution in [1.82, 2.24) is 4.90 Å². The van der Waals surface area contributed by atoms with Gasteiger partial charge < -0.3 is 9.64 Å². The fraction of sp³-hybridized carbons (Fsp3) is 0.875. The van der Waals surface area contributed by atoms with Gasteiger partial charge in [-0.2, -0.15) is 0 Å². The molecule has 0 bridgehead atoms. The number of hydrogen-bond acceptors (Lipinski definition) is 4. The third kappa shape index (κ3) is 12.2. The molecule has 118 valence electrons. The molecule has 0 saturated heterocycles. The summed E-state index contributed by atoms with van der Waals surface area (Å²) in [4.78, 5) is 18.0. The molecule has 0 aromatic heterocycles. The molecule has 0 aromatic rings. The van der Waals surface area contributed by atoms with Crippen LogP contribution in [0.15, 0.2) is 4.99 Å². The minimum atomic E-state index is -0.0881. The molecule has 4 nitrogen and oxygen atoms in total. The molecule has 0 aliphatic rings. The summed E-state index contributed by atoms with van der Waals surface area (Å²) in [5.74, 6) is 0.596. The molecule has 0 spiro atoms. The van der Waals surface area contributed by atoms with Crippen molar-refractivity contribution < 1.29 is 9.53 Å². The predicted molar refractivity (Wildman–Crippen MR) is 85.4 cm³/mol. The van der Waals surface area contributed by atoms with Gasteiger partial charge in [0, 0.05) is 18.7 Å². The van der Waals surface area contributed by atoms with Crippen LogP contribution in [0.3, 0.4) is 0 Å². The zero-order valence-corrected chi connectivity index (χ0v) is 13.9. The molecule has 0 atom stereocenters. The minimum Gasteiger partial charge on any atom is -0.466 e. The van der Waals surface area contributed by atoms with E-state index in [1.54, 1.807) is 0 Å². The van der Waals surface area contributed by atoms with Crippen LogP contribution in [0, 0.1) is 5.92 Å². The summed E-state index contributed by atoms with van der Waals surface area (Å²) < 4.78 is 4.90. The maximum absolute atomic E-state index is 11.2. The van der Waals surface area contributed by atoms with Crippen LogP contribution in [0.1, 0.15) is 53.4 Å². The van der Waals surface area contributed by atoms with Crippen molar-refractivity contribution in [3.8, 4) is 0 Å². The average molecular weight is 284 g/mol. The zero-order chi connectivity index (χ0) is 15.4. The van der Waals surface area contributed by atoms with Gasteiger partial charge >= 0.3 is 5.97 Å². The van der Waals surface area contributed by atoms with Gasteiger partial charge in [0.25, 0.3) is 0 Å². The standard InChI is InChI=1S/C16H32N2O2/c1-6-20-16(19)9-7-11-18(5)12-8-10-17-15(4)13-14(2)3/h14H,6-13H2,1-5H3. The molecule has 0 fully saturated rings. The largest absolute Gasteiger partial charge is 0.466 e. The lowest BCUT2D eigenvalue weighted by atomic mass is 10.1. The second-order valence-corrected chi connectivity index (χ2v) is 5.78. The van der Waals surface area contributed by atoms with Crippen LogP contribution in [0.4, 0.5) is 0 Å². The van der Waals surface area contributed by atoms with E-state index in [0.29, 0.717) is 18.9 Å². The Bertz CT molecular complexity index is 288. The molecule has 0 rings (SSSR count). The van der Waals surface area contributed by atoms with Gasteiger partial charge in [-0.25, -0.2) is 0 Å². The van der Waals surface area contributed by atoms with Crippen LogP contribution in [-0.2, 0) is 9.53 Å². The number of carbonyl (C=O) groups is 1. The van der Waals surface area contributed by atoms with Crippen molar-refractivity contribution in [2.24, 2.45) is 10.9 Å². The van der Waals surface area contributed by atoms with Crippen LogP contribution in [0.2, 0.25) is 0 Å². The van der Waals surface area contributed by atoms with Gasteiger partial charge in [0.2, 0.25) is 0 Å². The second kappa shape index (κ2) is 11.9. The molecule has 0 amide bonds. The molecule has 0 heterocycles. The molecule has 0 saturated carbocycles. The Balaban J connectivity index is 3.58. The van der Waals surface area contributed by atoms with E-state index in [4.69, 9.17) is 4.74 Å². The van der Waals surface area contributed by atoms with E-state index in [-0.39, 0.29) is 5.97 Å². The van der Waals surface area contributed by atoms with Crippen molar-refractivity contribution in [3.63, 3.8) is 0 Å². The van der Waals surface area contributed by atoms with E-state index >= 15 is 0 Å². The highest BCUT2D eigenvalue weighted by Crippen LogP contribution is 2.02. The number of aliphatic imine (C=N–C) groups is 1. The topological polar surface area (TPSA) is 41.9 Å². The Hall–Kier alpha value is -0.900. The van der Waals surface area contributed by atoms with Crippen molar-refractivity contribution in [1.29, 1.82) is 0 Å². The molecular weight excluding hydrogens is 252 g/mol. The highest BCUT2D eigenvalue weighted by molar-refractivity contribution is 5.82. The van der Waals surface area contributed by atoms with E-state index in [2.05, 4.69) is 37.7 Å². The normalized spacial score (nSPS) is 12.2. The van der Waals surface area contributed by atoms with Gasteiger partial charge in [-0.3, -0.25) is 9.79 Å². The lowest BCUT2D eigenvalue weighted by Gasteiger charge is -2.15. The van der Waals surface area contributed by atoms with Gasteiger partial charge in [-0.15, -0.1) is 0 Å². The second-order valence-electron chi connectivity index (χ2n) is 5.78. The van der Waals surface area contributed by atoms with Crippen LogP contribution in [-0.4, -0.2) is 49.9 Å². The van der Waals surface area contributed by atoms with E-state index in [0.717, 1.165) is 38.9 Å². The fourth-order valence-corrected chi connectivity index (χ4v) is 2.10. The molecule has 0 unspecified atom stereocenters. The Kier molecular flexibility index (Phi) is 11.4. The first-order chi connectivity index (χ1) is 9.45. The van der Waals surface area contributed by atoms with E-state index < -0.39 is 0 Å². The number of esters is 1. The Morgan fingerprint density at radius 2 is 1.90 bits per heavy atom. The maximum Gasteiger partial charge on any atom is 0.305 e. The van der Waals surface area contributed by atoms with Crippen molar-refractivity contribution in [2.45, 2.75) is 53.4 Å². The van der Waals surface area contributed by atoms with E-state index in [1.165, 1.54) is 5.71 Å². The van der Waals surface area contributed by atoms with Gasteiger partial charge in [0.1, 0.15) is 0 Å². The van der Waals surface area contributed by atoms with Gasteiger partial charge in [0.05, 0.1) is 6.61 Å². The fourth-order valence-electron chi connectivity index (χ4n) is 2.10. The van der Waals surface area contributed by atoms with Gasteiger partial charge in [0.15, 0.2) is 0 Å². The summed E-state index contributed by atoms with van der Waals surface area (Å²) in [5, 5.41) is 0. The summed E-state index contributed by atoms with van der Waals surface area (Å²) in [6.07, 6.45) is 3.55. The highest BCUT2D eigenvalue weighted by Gasteiger charge is 2.03. The molecule has 20 heavy (non-hydrogen) atoms. The van der Waals surface area contributed by atoms with Crippen LogP contribution in [0.5, 0.6) is 0 Å². The Labute approximate surface area is 124 Å². The van der Waals surface area contributed by atoms with E-state index in [9.17, 15) is 4.79 Å². The number of rotatable bonds is 11. The number of ether oxygens (including phenoxy) is 1. The van der Waals surface area contributed by atoms with Crippen molar-refractivity contribution in [3.05, 3.63) is 0 Å². The molecule has 0 aromatic carbocycles. The highest BCUT2D eigenvalue weighted by atomic mass is 16.5.